The van der Waals surface area contributed by atoms with E-state index in [4.69, 9.17) is 10.8 Å². The van der Waals surface area contributed by atoms with Gasteiger partial charge in [0.1, 0.15) is 17.6 Å². The number of carboxylic acid groups (broad SMARTS) is 1. The fourth-order valence-corrected chi connectivity index (χ4v) is 1.64. The summed E-state index contributed by atoms with van der Waals surface area (Å²) in [5, 5.41) is 12.9. The van der Waals surface area contributed by atoms with Gasteiger partial charge in [-0.05, 0) is 12.1 Å². The van der Waals surface area contributed by atoms with Crippen LogP contribution in [-0.2, 0) is 11.8 Å². The maximum atomic E-state index is 13.6. The smallest absolute Gasteiger partial charge is 0.326 e. The molecule has 16 heavy (non-hydrogen) atoms. The number of aliphatic carboxylic acids is 1. The van der Waals surface area contributed by atoms with Crippen molar-refractivity contribution in [3.05, 3.63) is 29.7 Å². The number of aromatic nitrogens is 2. The number of fused-ring (bicyclic) bond motifs is 1. The van der Waals surface area contributed by atoms with Crippen molar-refractivity contribution in [1.82, 2.24) is 9.78 Å². The van der Waals surface area contributed by atoms with Gasteiger partial charge in [0.15, 0.2) is 0 Å². The molecule has 0 spiro atoms. The van der Waals surface area contributed by atoms with Gasteiger partial charge in [0.05, 0.1) is 10.9 Å². The lowest BCUT2D eigenvalue weighted by Crippen LogP contribution is -2.21. The van der Waals surface area contributed by atoms with Crippen molar-refractivity contribution in [2.75, 3.05) is 0 Å². The van der Waals surface area contributed by atoms with Gasteiger partial charge >= 0.3 is 5.97 Å². The molecule has 2 rings (SSSR count). The summed E-state index contributed by atoms with van der Waals surface area (Å²) in [4.78, 5) is 10.8. The van der Waals surface area contributed by atoms with E-state index in [0.717, 1.165) is 0 Å². The van der Waals surface area contributed by atoms with Crippen LogP contribution in [0, 0.1) is 5.82 Å². The summed E-state index contributed by atoms with van der Waals surface area (Å²) in [5.41, 5.74) is 6.01. The predicted octanol–water partition coefficient (Wildman–Crippen LogP) is 0.797. The zero-order valence-electron chi connectivity index (χ0n) is 8.51. The van der Waals surface area contributed by atoms with Crippen LogP contribution >= 0.6 is 0 Å². The van der Waals surface area contributed by atoms with Crippen molar-refractivity contribution in [1.29, 1.82) is 0 Å². The second-order valence-corrected chi connectivity index (χ2v) is 3.46. The molecule has 6 heteroatoms. The maximum absolute atomic E-state index is 13.6. The summed E-state index contributed by atoms with van der Waals surface area (Å²) < 4.78 is 15.0. The lowest BCUT2D eigenvalue weighted by Gasteiger charge is -2.02. The molecule has 0 aliphatic carbocycles. The van der Waals surface area contributed by atoms with Gasteiger partial charge in [-0.25, -0.2) is 4.39 Å². The Morgan fingerprint density at radius 2 is 2.31 bits per heavy atom. The van der Waals surface area contributed by atoms with Gasteiger partial charge in [-0.2, -0.15) is 5.10 Å². The fraction of sp³-hybridized carbons (Fsp3) is 0.200. The molecule has 5 nitrogen and oxygen atoms in total. The Bertz CT molecular complexity index is 564. The van der Waals surface area contributed by atoms with E-state index in [-0.39, 0.29) is 11.1 Å². The van der Waals surface area contributed by atoms with Gasteiger partial charge < -0.3 is 10.8 Å². The monoisotopic (exact) mass is 223 g/mol. The van der Waals surface area contributed by atoms with Crippen LogP contribution in [0.15, 0.2) is 18.2 Å². The SMILES string of the molecule is Cn1nc(C(N)C(=O)O)c2c(F)cccc21. The summed E-state index contributed by atoms with van der Waals surface area (Å²) in [7, 11) is 1.61. The molecular weight excluding hydrogens is 213 g/mol. The summed E-state index contributed by atoms with van der Waals surface area (Å²) in [5.74, 6) is -1.75. The van der Waals surface area contributed by atoms with E-state index in [0.29, 0.717) is 5.52 Å². The number of nitrogens with zero attached hydrogens (tertiary/aromatic N) is 2. The lowest BCUT2D eigenvalue weighted by molar-refractivity contribution is -0.138. The number of carbonyl (C=O) groups is 1. The van der Waals surface area contributed by atoms with Gasteiger partial charge in [0, 0.05) is 7.05 Å². The van der Waals surface area contributed by atoms with Crippen LogP contribution in [0.4, 0.5) is 4.39 Å². The highest BCUT2D eigenvalue weighted by Crippen LogP contribution is 2.24. The first kappa shape index (κ1) is 10.6. The predicted molar refractivity (Wildman–Crippen MR) is 55.2 cm³/mol. The average molecular weight is 223 g/mol. The highest BCUT2D eigenvalue weighted by molar-refractivity contribution is 5.88. The molecule has 0 aliphatic rings. The van der Waals surface area contributed by atoms with Crippen LogP contribution in [0.2, 0.25) is 0 Å². The van der Waals surface area contributed by atoms with Gasteiger partial charge in [0.2, 0.25) is 0 Å². The van der Waals surface area contributed by atoms with Gasteiger partial charge in [-0.15, -0.1) is 0 Å². The van der Waals surface area contributed by atoms with Crippen LogP contribution in [0.3, 0.4) is 0 Å². The molecule has 1 aromatic carbocycles. The molecule has 1 heterocycles. The van der Waals surface area contributed by atoms with E-state index in [9.17, 15) is 9.18 Å². The van der Waals surface area contributed by atoms with Crippen LogP contribution < -0.4 is 5.73 Å². The quantitative estimate of drug-likeness (QED) is 0.788. The number of halogens is 1. The third kappa shape index (κ3) is 1.43. The van der Waals surface area contributed by atoms with E-state index >= 15 is 0 Å². The van der Waals surface area contributed by atoms with E-state index in [2.05, 4.69) is 5.10 Å². The number of hydrogen-bond donors (Lipinski definition) is 2. The molecule has 0 saturated carbocycles. The first-order chi connectivity index (χ1) is 7.52. The lowest BCUT2D eigenvalue weighted by atomic mass is 10.1. The molecule has 0 radical (unpaired) electrons. The largest absolute Gasteiger partial charge is 0.480 e. The van der Waals surface area contributed by atoms with Gasteiger partial charge in [-0.1, -0.05) is 6.07 Å². The summed E-state index contributed by atoms with van der Waals surface area (Å²) in [6.07, 6.45) is 0. The highest BCUT2D eigenvalue weighted by Gasteiger charge is 2.23. The minimum absolute atomic E-state index is 0.0445. The number of nitrogens with two attached hydrogens (primary N) is 1. The molecule has 2 aromatic rings. The van der Waals surface area contributed by atoms with E-state index in [1.54, 1.807) is 13.1 Å². The first-order valence-electron chi connectivity index (χ1n) is 4.62. The van der Waals surface area contributed by atoms with Crippen molar-refractivity contribution in [3.8, 4) is 0 Å². The van der Waals surface area contributed by atoms with Crippen molar-refractivity contribution in [2.24, 2.45) is 12.8 Å². The van der Waals surface area contributed by atoms with Crippen molar-refractivity contribution in [2.45, 2.75) is 6.04 Å². The zero-order chi connectivity index (χ0) is 11.9. The molecule has 0 bridgehead atoms. The molecule has 1 atom stereocenters. The van der Waals surface area contributed by atoms with Gasteiger partial charge in [-0.3, -0.25) is 9.48 Å². The second kappa shape index (κ2) is 3.57. The molecule has 84 valence electrons. The van der Waals surface area contributed by atoms with Crippen LogP contribution in [0.25, 0.3) is 10.9 Å². The molecule has 0 amide bonds. The Morgan fingerprint density at radius 3 is 2.94 bits per heavy atom. The minimum Gasteiger partial charge on any atom is -0.480 e. The molecule has 0 fully saturated rings. The van der Waals surface area contributed by atoms with Crippen LogP contribution in [-0.4, -0.2) is 20.9 Å². The third-order valence-electron chi connectivity index (χ3n) is 2.41. The number of aryl methyl sites for hydroxylation is 1. The number of rotatable bonds is 2. The number of carboxylic acids is 1. The zero-order valence-corrected chi connectivity index (χ0v) is 8.51. The van der Waals surface area contributed by atoms with Gasteiger partial charge in [0.25, 0.3) is 0 Å². The Morgan fingerprint density at radius 1 is 1.62 bits per heavy atom. The van der Waals surface area contributed by atoms with E-state index in [1.165, 1.54) is 16.8 Å². The molecule has 1 unspecified atom stereocenters. The maximum Gasteiger partial charge on any atom is 0.326 e. The number of benzene rings is 1. The topological polar surface area (TPSA) is 81.1 Å². The summed E-state index contributed by atoms with van der Waals surface area (Å²) >= 11 is 0. The minimum atomic E-state index is -1.32. The summed E-state index contributed by atoms with van der Waals surface area (Å²) in [6.45, 7) is 0. The molecular formula is C10H10FN3O2. The first-order valence-corrected chi connectivity index (χ1v) is 4.62. The fourth-order valence-electron chi connectivity index (χ4n) is 1.64. The molecule has 1 aromatic heterocycles. The second-order valence-electron chi connectivity index (χ2n) is 3.46. The van der Waals surface area contributed by atoms with Crippen LogP contribution in [0.5, 0.6) is 0 Å². The summed E-state index contributed by atoms with van der Waals surface area (Å²) in [6, 6.07) is 3.13. The Balaban J connectivity index is 2.76. The van der Waals surface area contributed by atoms with E-state index < -0.39 is 17.8 Å². The molecule has 3 N–H and O–H groups in total. The average Bonchev–Trinajstić information content (AvgIpc) is 2.57. The Hall–Kier alpha value is -1.95. The molecule has 0 saturated heterocycles. The normalized spacial score (nSPS) is 12.9. The van der Waals surface area contributed by atoms with Crippen molar-refractivity contribution < 1.29 is 14.3 Å². The van der Waals surface area contributed by atoms with Crippen LogP contribution in [0.1, 0.15) is 11.7 Å². The Kier molecular flexibility index (Phi) is 2.35. The third-order valence-corrected chi connectivity index (χ3v) is 2.41. The number of hydrogen-bond acceptors (Lipinski definition) is 3. The van der Waals surface area contributed by atoms with Crippen molar-refractivity contribution >= 4 is 16.9 Å². The molecule has 0 aliphatic heterocycles. The highest BCUT2D eigenvalue weighted by atomic mass is 19.1. The Labute approximate surface area is 90.3 Å². The van der Waals surface area contributed by atoms with Crippen molar-refractivity contribution in [3.63, 3.8) is 0 Å². The standard InChI is InChI=1S/C10H10FN3O2/c1-14-6-4-2-3-5(11)7(6)9(13-14)8(12)10(15)16/h2-4,8H,12H2,1H3,(H,15,16). The van der Waals surface area contributed by atoms with E-state index in [1.807, 2.05) is 0 Å².